The third-order valence-electron chi connectivity index (χ3n) is 3.83. The van der Waals surface area contributed by atoms with E-state index in [1.807, 2.05) is 13.0 Å². The first-order valence-electron chi connectivity index (χ1n) is 7.95. The molecule has 0 saturated carbocycles. The van der Waals surface area contributed by atoms with Crippen molar-refractivity contribution in [1.82, 2.24) is 30.3 Å². The molecule has 3 aromatic rings. The summed E-state index contributed by atoms with van der Waals surface area (Å²) in [5.74, 6) is 3.22. The molecule has 1 fully saturated rings. The van der Waals surface area contributed by atoms with E-state index in [4.69, 9.17) is 4.52 Å². The Balaban J connectivity index is 1.42. The van der Waals surface area contributed by atoms with Crippen LogP contribution >= 0.6 is 0 Å². The SMILES string of the molecule is Cc1cc(Nc2cnnc(N3CCN(c4ncccn4)CC3)n2)no1. The number of nitrogens with one attached hydrogen (secondary N) is 1. The number of nitrogens with zero attached hydrogens (tertiary/aromatic N) is 8. The largest absolute Gasteiger partial charge is 0.360 e. The van der Waals surface area contributed by atoms with Crippen molar-refractivity contribution in [1.29, 1.82) is 0 Å². The molecule has 4 heterocycles. The topological polar surface area (TPSA) is 109 Å². The average molecular weight is 339 g/mol. The van der Waals surface area contributed by atoms with Gasteiger partial charge in [0.15, 0.2) is 11.6 Å². The van der Waals surface area contributed by atoms with Gasteiger partial charge in [-0.15, -0.1) is 5.10 Å². The highest BCUT2D eigenvalue weighted by Gasteiger charge is 2.21. The molecular formula is C15H17N9O. The Kier molecular flexibility index (Phi) is 4.07. The number of aryl methyl sites for hydroxylation is 1. The van der Waals surface area contributed by atoms with Crippen LogP contribution in [0.1, 0.15) is 5.76 Å². The Morgan fingerprint density at radius 3 is 2.40 bits per heavy atom. The normalized spacial score (nSPS) is 14.6. The van der Waals surface area contributed by atoms with Gasteiger partial charge in [-0.3, -0.25) is 0 Å². The molecule has 0 aliphatic carbocycles. The minimum atomic E-state index is 0.576. The first-order valence-corrected chi connectivity index (χ1v) is 7.95. The lowest BCUT2D eigenvalue weighted by molar-refractivity contribution is 0.400. The van der Waals surface area contributed by atoms with Crippen molar-refractivity contribution in [3.8, 4) is 0 Å². The zero-order valence-electron chi connectivity index (χ0n) is 13.7. The van der Waals surface area contributed by atoms with Gasteiger partial charge in [0, 0.05) is 44.6 Å². The van der Waals surface area contributed by atoms with E-state index in [-0.39, 0.29) is 0 Å². The first-order chi connectivity index (χ1) is 12.3. The number of hydrogen-bond donors (Lipinski definition) is 1. The van der Waals surface area contributed by atoms with Crippen molar-refractivity contribution < 1.29 is 4.52 Å². The molecule has 25 heavy (non-hydrogen) atoms. The number of anilines is 4. The van der Waals surface area contributed by atoms with Gasteiger partial charge in [-0.25, -0.2) is 9.97 Å². The monoisotopic (exact) mass is 339 g/mol. The molecule has 1 aliphatic rings. The van der Waals surface area contributed by atoms with Gasteiger partial charge in [0.2, 0.25) is 11.9 Å². The van der Waals surface area contributed by atoms with E-state index in [1.54, 1.807) is 24.7 Å². The lowest BCUT2D eigenvalue weighted by Gasteiger charge is -2.34. The van der Waals surface area contributed by atoms with Gasteiger partial charge in [0.05, 0.1) is 6.20 Å². The van der Waals surface area contributed by atoms with Crippen molar-refractivity contribution in [3.63, 3.8) is 0 Å². The molecule has 128 valence electrons. The predicted molar refractivity (Wildman–Crippen MR) is 90.8 cm³/mol. The summed E-state index contributed by atoms with van der Waals surface area (Å²) in [6.07, 6.45) is 5.06. The Bertz CT molecular complexity index is 830. The third-order valence-corrected chi connectivity index (χ3v) is 3.83. The summed E-state index contributed by atoms with van der Waals surface area (Å²) in [5, 5.41) is 15.1. The van der Waals surface area contributed by atoms with E-state index in [2.05, 4.69) is 45.4 Å². The molecule has 1 N–H and O–H groups in total. The number of rotatable bonds is 4. The second kappa shape index (κ2) is 6.67. The van der Waals surface area contributed by atoms with E-state index >= 15 is 0 Å². The molecule has 0 amide bonds. The fourth-order valence-corrected chi connectivity index (χ4v) is 2.61. The summed E-state index contributed by atoms with van der Waals surface area (Å²) in [5.41, 5.74) is 0. The average Bonchev–Trinajstić information content (AvgIpc) is 3.07. The standard InChI is InChI=1S/C15H17N9O/c1-11-9-12(22-25-11)19-13-10-18-21-15(20-13)24-7-5-23(6-8-24)14-16-3-2-4-17-14/h2-4,9-10H,5-8H2,1H3,(H,19,20,21,22). The van der Waals surface area contributed by atoms with Crippen LogP contribution in [0.2, 0.25) is 0 Å². The molecule has 0 atom stereocenters. The molecule has 1 saturated heterocycles. The molecule has 3 aromatic heterocycles. The summed E-state index contributed by atoms with van der Waals surface area (Å²) in [6, 6.07) is 3.61. The van der Waals surface area contributed by atoms with E-state index in [0.29, 0.717) is 17.6 Å². The van der Waals surface area contributed by atoms with Gasteiger partial charge in [-0.05, 0) is 13.0 Å². The maximum Gasteiger partial charge on any atom is 0.247 e. The molecule has 0 spiro atoms. The van der Waals surface area contributed by atoms with Gasteiger partial charge in [-0.2, -0.15) is 10.1 Å². The Hall–Kier alpha value is -3.30. The first kappa shape index (κ1) is 15.2. The highest BCUT2D eigenvalue weighted by molar-refractivity contribution is 5.51. The molecule has 10 nitrogen and oxygen atoms in total. The van der Waals surface area contributed by atoms with Crippen LogP contribution in [0.4, 0.5) is 23.5 Å². The summed E-state index contributed by atoms with van der Waals surface area (Å²) in [6.45, 7) is 4.97. The lowest BCUT2D eigenvalue weighted by Crippen LogP contribution is -2.47. The Morgan fingerprint density at radius 1 is 1.00 bits per heavy atom. The number of hydrogen-bond acceptors (Lipinski definition) is 10. The molecule has 1 aliphatic heterocycles. The third kappa shape index (κ3) is 3.47. The van der Waals surface area contributed by atoms with Crippen molar-refractivity contribution >= 4 is 23.5 Å². The van der Waals surface area contributed by atoms with Gasteiger partial charge < -0.3 is 19.6 Å². The van der Waals surface area contributed by atoms with Crippen LogP contribution in [0, 0.1) is 6.92 Å². The maximum absolute atomic E-state index is 5.03. The van der Waals surface area contributed by atoms with Crippen LogP contribution in [0.5, 0.6) is 0 Å². The highest BCUT2D eigenvalue weighted by Crippen LogP contribution is 2.17. The fraction of sp³-hybridized carbons (Fsp3) is 0.333. The van der Waals surface area contributed by atoms with Crippen molar-refractivity contribution in [2.75, 3.05) is 41.3 Å². The van der Waals surface area contributed by atoms with Crippen LogP contribution in [-0.2, 0) is 0 Å². The smallest absolute Gasteiger partial charge is 0.247 e. The summed E-state index contributed by atoms with van der Waals surface area (Å²) >= 11 is 0. The predicted octanol–water partition coefficient (Wildman–Crippen LogP) is 1.03. The fourth-order valence-electron chi connectivity index (χ4n) is 2.61. The Labute approximate surface area is 143 Å². The van der Waals surface area contributed by atoms with Crippen molar-refractivity contribution in [3.05, 3.63) is 36.5 Å². The molecule has 10 heteroatoms. The second-order valence-corrected chi connectivity index (χ2v) is 5.61. The van der Waals surface area contributed by atoms with E-state index < -0.39 is 0 Å². The van der Waals surface area contributed by atoms with Gasteiger partial charge in [-0.1, -0.05) is 5.16 Å². The molecule has 0 aromatic carbocycles. The highest BCUT2D eigenvalue weighted by atomic mass is 16.5. The minimum absolute atomic E-state index is 0.576. The van der Waals surface area contributed by atoms with Crippen LogP contribution in [-0.4, -0.2) is 56.5 Å². The molecule has 0 radical (unpaired) electrons. The number of aromatic nitrogens is 6. The van der Waals surface area contributed by atoms with E-state index in [0.717, 1.165) is 37.9 Å². The summed E-state index contributed by atoms with van der Waals surface area (Å²) < 4.78 is 5.03. The summed E-state index contributed by atoms with van der Waals surface area (Å²) in [4.78, 5) is 17.3. The van der Waals surface area contributed by atoms with Crippen LogP contribution < -0.4 is 15.1 Å². The number of piperazine rings is 1. The molecule has 0 bridgehead atoms. The van der Waals surface area contributed by atoms with E-state index in [1.165, 1.54) is 0 Å². The van der Waals surface area contributed by atoms with Crippen molar-refractivity contribution in [2.24, 2.45) is 0 Å². The van der Waals surface area contributed by atoms with E-state index in [9.17, 15) is 0 Å². The maximum atomic E-state index is 5.03. The molecule has 0 unspecified atom stereocenters. The van der Waals surface area contributed by atoms with Gasteiger partial charge in [0.1, 0.15) is 5.76 Å². The van der Waals surface area contributed by atoms with Gasteiger partial charge >= 0.3 is 0 Å². The van der Waals surface area contributed by atoms with Gasteiger partial charge in [0.25, 0.3) is 0 Å². The zero-order valence-corrected chi connectivity index (χ0v) is 13.7. The minimum Gasteiger partial charge on any atom is -0.360 e. The summed E-state index contributed by atoms with van der Waals surface area (Å²) in [7, 11) is 0. The molecular weight excluding hydrogens is 322 g/mol. The second-order valence-electron chi connectivity index (χ2n) is 5.61. The Morgan fingerprint density at radius 2 is 1.72 bits per heavy atom. The van der Waals surface area contributed by atoms with Crippen LogP contribution in [0.25, 0.3) is 0 Å². The lowest BCUT2D eigenvalue weighted by atomic mass is 10.3. The van der Waals surface area contributed by atoms with Crippen LogP contribution in [0.3, 0.4) is 0 Å². The van der Waals surface area contributed by atoms with Crippen molar-refractivity contribution in [2.45, 2.75) is 6.92 Å². The quantitative estimate of drug-likeness (QED) is 0.740. The van der Waals surface area contributed by atoms with Crippen LogP contribution in [0.15, 0.2) is 35.2 Å². The molecule has 4 rings (SSSR count). The zero-order chi connectivity index (χ0) is 17.1.